The first-order valence-electron chi connectivity index (χ1n) is 8.81. The van der Waals surface area contributed by atoms with Crippen LogP contribution in [0.2, 0.25) is 0 Å². The van der Waals surface area contributed by atoms with Gasteiger partial charge >= 0.3 is 0 Å². The Labute approximate surface area is 134 Å². The van der Waals surface area contributed by atoms with Crippen LogP contribution in [0, 0.1) is 11.8 Å². The van der Waals surface area contributed by atoms with Gasteiger partial charge in [-0.3, -0.25) is 4.79 Å². The molecule has 1 aromatic carbocycles. The van der Waals surface area contributed by atoms with Crippen LogP contribution in [0.3, 0.4) is 0 Å². The molecule has 3 heteroatoms. The number of amides is 1. The predicted molar refractivity (Wildman–Crippen MR) is 92.5 cm³/mol. The second-order valence-corrected chi connectivity index (χ2v) is 6.63. The van der Waals surface area contributed by atoms with Crippen molar-refractivity contribution < 1.29 is 4.79 Å². The summed E-state index contributed by atoms with van der Waals surface area (Å²) >= 11 is 0. The van der Waals surface area contributed by atoms with Crippen molar-refractivity contribution in [3.63, 3.8) is 0 Å². The minimum Gasteiger partial charge on any atom is -0.399 e. The highest BCUT2D eigenvalue weighted by Crippen LogP contribution is 2.30. The van der Waals surface area contributed by atoms with Crippen molar-refractivity contribution in [2.45, 2.75) is 58.3 Å². The van der Waals surface area contributed by atoms with Gasteiger partial charge in [0.2, 0.25) is 5.91 Å². The average Bonchev–Trinajstić information content (AvgIpc) is 2.55. The molecule has 0 aliphatic heterocycles. The number of carbonyl (C=O) groups excluding carboxylic acids is 1. The number of benzene rings is 1. The summed E-state index contributed by atoms with van der Waals surface area (Å²) in [4.78, 5) is 12.4. The van der Waals surface area contributed by atoms with Gasteiger partial charge in [0.1, 0.15) is 0 Å². The monoisotopic (exact) mass is 302 g/mol. The van der Waals surface area contributed by atoms with Crippen LogP contribution in [0.15, 0.2) is 24.3 Å². The van der Waals surface area contributed by atoms with Crippen LogP contribution >= 0.6 is 0 Å². The molecule has 1 amide bonds. The summed E-state index contributed by atoms with van der Waals surface area (Å²) in [6.07, 6.45) is 9.59. The molecule has 1 aliphatic carbocycles. The van der Waals surface area contributed by atoms with Gasteiger partial charge in [0, 0.05) is 18.2 Å². The Hall–Kier alpha value is -1.51. The van der Waals surface area contributed by atoms with Crippen LogP contribution in [0.1, 0.15) is 57.4 Å². The van der Waals surface area contributed by atoms with Gasteiger partial charge in [-0.2, -0.15) is 0 Å². The molecule has 22 heavy (non-hydrogen) atoms. The van der Waals surface area contributed by atoms with Crippen LogP contribution in [0.4, 0.5) is 5.69 Å². The van der Waals surface area contributed by atoms with Gasteiger partial charge in [-0.05, 0) is 42.9 Å². The van der Waals surface area contributed by atoms with E-state index in [0.717, 1.165) is 30.9 Å². The molecule has 1 fully saturated rings. The zero-order chi connectivity index (χ0) is 15.8. The summed E-state index contributed by atoms with van der Waals surface area (Å²) in [5.41, 5.74) is 7.68. The summed E-state index contributed by atoms with van der Waals surface area (Å²) in [5, 5.41) is 3.12. The lowest BCUT2D eigenvalue weighted by Gasteiger charge is -2.25. The fourth-order valence-corrected chi connectivity index (χ4v) is 3.44. The second kappa shape index (κ2) is 8.82. The third kappa shape index (κ3) is 5.36. The molecule has 0 radical (unpaired) electrons. The number of carbonyl (C=O) groups is 1. The van der Waals surface area contributed by atoms with Gasteiger partial charge in [0.25, 0.3) is 0 Å². The number of anilines is 1. The van der Waals surface area contributed by atoms with E-state index < -0.39 is 0 Å². The Balaban J connectivity index is 1.72. The normalized spacial score (nSPS) is 17.1. The lowest BCUT2D eigenvalue weighted by molar-refractivity contribution is -0.125. The van der Waals surface area contributed by atoms with Crippen molar-refractivity contribution in [3.8, 4) is 0 Å². The second-order valence-electron chi connectivity index (χ2n) is 6.63. The summed E-state index contributed by atoms with van der Waals surface area (Å²) in [6, 6.07) is 7.88. The third-order valence-corrected chi connectivity index (χ3v) is 4.90. The molecule has 0 spiro atoms. The average molecular weight is 302 g/mol. The van der Waals surface area contributed by atoms with Gasteiger partial charge in [-0.25, -0.2) is 0 Å². The van der Waals surface area contributed by atoms with E-state index in [9.17, 15) is 4.79 Å². The first-order valence-corrected chi connectivity index (χ1v) is 8.81. The number of nitrogen functional groups attached to an aromatic ring is 1. The number of hydrogen-bond acceptors (Lipinski definition) is 2. The van der Waals surface area contributed by atoms with E-state index in [1.54, 1.807) is 0 Å². The van der Waals surface area contributed by atoms with Crippen molar-refractivity contribution >= 4 is 11.6 Å². The first kappa shape index (κ1) is 16.9. The smallest absolute Gasteiger partial charge is 0.223 e. The third-order valence-electron chi connectivity index (χ3n) is 4.90. The van der Waals surface area contributed by atoms with E-state index in [4.69, 9.17) is 5.73 Å². The maximum Gasteiger partial charge on any atom is 0.223 e. The van der Waals surface area contributed by atoms with Gasteiger partial charge < -0.3 is 11.1 Å². The van der Waals surface area contributed by atoms with Crippen LogP contribution in [-0.2, 0) is 11.2 Å². The predicted octanol–water partition coefficient (Wildman–Crippen LogP) is 3.92. The van der Waals surface area contributed by atoms with E-state index >= 15 is 0 Å². The van der Waals surface area contributed by atoms with Crippen LogP contribution < -0.4 is 11.1 Å². The van der Waals surface area contributed by atoms with Gasteiger partial charge in [-0.15, -0.1) is 0 Å². The van der Waals surface area contributed by atoms with Crippen molar-refractivity contribution in [2.75, 3.05) is 12.3 Å². The molecule has 1 unspecified atom stereocenters. The van der Waals surface area contributed by atoms with Crippen LogP contribution in [0.25, 0.3) is 0 Å². The number of nitrogens with one attached hydrogen (secondary N) is 1. The van der Waals surface area contributed by atoms with Crippen molar-refractivity contribution in [1.82, 2.24) is 5.32 Å². The Morgan fingerprint density at radius 2 is 1.91 bits per heavy atom. The Bertz CT molecular complexity index is 449. The van der Waals surface area contributed by atoms with E-state index in [1.165, 1.54) is 37.7 Å². The molecule has 2 rings (SSSR count). The Kier molecular flexibility index (Phi) is 6.75. The Morgan fingerprint density at radius 3 is 2.55 bits per heavy atom. The maximum atomic E-state index is 12.4. The minimum atomic E-state index is 0.189. The largest absolute Gasteiger partial charge is 0.399 e. The van der Waals surface area contributed by atoms with Crippen molar-refractivity contribution in [3.05, 3.63) is 29.8 Å². The molecule has 1 saturated carbocycles. The summed E-state index contributed by atoms with van der Waals surface area (Å²) < 4.78 is 0. The highest BCUT2D eigenvalue weighted by atomic mass is 16.1. The van der Waals surface area contributed by atoms with E-state index in [0.29, 0.717) is 6.54 Å². The lowest BCUT2D eigenvalue weighted by atomic mass is 9.82. The lowest BCUT2D eigenvalue weighted by Crippen LogP contribution is -2.33. The van der Waals surface area contributed by atoms with E-state index in [1.807, 2.05) is 24.3 Å². The molecule has 0 saturated heterocycles. The molecule has 0 heterocycles. The molecule has 1 aliphatic rings. The fraction of sp³-hybridized carbons (Fsp3) is 0.632. The van der Waals surface area contributed by atoms with Gasteiger partial charge in [0.05, 0.1) is 0 Å². The summed E-state index contributed by atoms with van der Waals surface area (Å²) in [7, 11) is 0. The van der Waals surface area contributed by atoms with Gasteiger partial charge in [0.15, 0.2) is 0 Å². The standard InChI is InChI=1S/C19H30N2O/c1-2-17(14-16-6-4-3-5-7-16)19(22)21-13-12-15-8-10-18(20)11-9-15/h8-11,16-17H,2-7,12-14,20H2,1H3,(H,21,22). The maximum absolute atomic E-state index is 12.4. The van der Waals surface area contributed by atoms with Crippen LogP contribution in [0.5, 0.6) is 0 Å². The molecule has 1 atom stereocenters. The minimum absolute atomic E-state index is 0.189. The zero-order valence-electron chi connectivity index (χ0n) is 13.8. The molecule has 1 aromatic rings. The highest BCUT2D eigenvalue weighted by Gasteiger charge is 2.22. The molecule has 3 N–H and O–H groups in total. The van der Waals surface area contributed by atoms with Gasteiger partial charge in [-0.1, -0.05) is 51.2 Å². The van der Waals surface area contributed by atoms with Crippen LogP contribution in [-0.4, -0.2) is 12.5 Å². The number of rotatable bonds is 7. The van der Waals surface area contributed by atoms with E-state index in [2.05, 4.69) is 12.2 Å². The summed E-state index contributed by atoms with van der Waals surface area (Å²) in [6.45, 7) is 2.84. The topological polar surface area (TPSA) is 55.1 Å². The first-order chi connectivity index (χ1) is 10.7. The van der Waals surface area contributed by atoms with Crippen molar-refractivity contribution in [2.24, 2.45) is 11.8 Å². The number of nitrogens with two attached hydrogens (primary N) is 1. The SMILES string of the molecule is CCC(CC1CCCCC1)C(=O)NCCc1ccc(N)cc1. The van der Waals surface area contributed by atoms with E-state index in [-0.39, 0.29) is 11.8 Å². The van der Waals surface area contributed by atoms with Crippen molar-refractivity contribution in [1.29, 1.82) is 0 Å². The molecule has 0 aromatic heterocycles. The quantitative estimate of drug-likeness (QED) is 0.750. The fourth-order valence-electron chi connectivity index (χ4n) is 3.44. The molecular weight excluding hydrogens is 272 g/mol. The molecular formula is C19H30N2O. The number of hydrogen-bond donors (Lipinski definition) is 2. The summed E-state index contributed by atoms with van der Waals surface area (Å²) in [5.74, 6) is 1.19. The molecule has 122 valence electrons. The molecule has 3 nitrogen and oxygen atoms in total. The highest BCUT2D eigenvalue weighted by molar-refractivity contribution is 5.78. The molecule has 0 bridgehead atoms. The Morgan fingerprint density at radius 1 is 1.23 bits per heavy atom. The zero-order valence-corrected chi connectivity index (χ0v) is 13.8.